The zero-order valence-electron chi connectivity index (χ0n) is 11.9. The fraction of sp³-hybridized carbons (Fsp3) is 0.312. The minimum absolute atomic E-state index is 0. The highest BCUT2D eigenvalue weighted by Crippen LogP contribution is 2.39. The van der Waals surface area contributed by atoms with Gasteiger partial charge in [0.05, 0.1) is 9.58 Å². The molecule has 3 nitrogen and oxygen atoms in total. The van der Waals surface area contributed by atoms with Crippen LogP contribution in [0.2, 0.25) is 0 Å². The molecular formula is C16H17ClN2OS2. The van der Waals surface area contributed by atoms with Crippen LogP contribution in [0.25, 0.3) is 19.5 Å². The molecule has 3 N–H and O–H groups in total. The quantitative estimate of drug-likeness (QED) is 0.745. The van der Waals surface area contributed by atoms with Crippen molar-refractivity contribution in [1.82, 2.24) is 5.32 Å². The minimum Gasteiger partial charge on any atom is -0.350 e. The van der Waals surface area contributed by atoms with Gasteiger partial charge in [0.25, 0.3) is 5.91 Å². The Hall–Kier alpha value is -1.14. The van der Waals surface area contributed by atoms with Gasteiger partial charge in [-0.1, -0.05) is 18.2 Å². The van der Waals surface area contributed by atoms with Gasteiger partial charge in [-0.3, -0.25) is 4.79 Å². The number of benzene rings is 1. The van der Waals surface area contributed by atoms with Crippen LogP contribution in [0.5, 0.6) is 0 Å². The van der Waals surface area contributed by atoms with Crippen molar-refractivity contribution in [2.75, 3.05) is 6.54 Å². The Bertz CT molecular complexity index is 822. The Morgan fingerprint density at radius 2 is 2.05 bits per heavy atom. The van der Waals surface area contributed by atoms with E-state index in [1.807, 2.05) is 12.1 Å². The number of hydrogen-bond acceptors (Lipinski definition) is 4. The van der Waals surface area contributed by atoms with E-state index in [-0.39, 0.29) is 24.4 Å². The predicted octanol–water partition coefficient (Wildman–Crippen LogP) is 4.00. The van der Waals surface area contributed by atoms with Crippen LogP contribution < -0.4 is 11.1 Å². The van der Waals surface area contributed by atoms with Gasteiger partial charge in [0.2, 0.25) is 0 Å². The van der Waals surface area contributed by atoms with Crippen LogP contribution in [0.4, 0.5) is 0 Å². The maximum atomic E-state index is 12.2. The van der Waals surface area contributed by atoms with E-state index in [4.69, 9.17) is 5.73 Å². The molecule has 1 amide bonds. The van der Waals surface area contributed by atoms with Crippen LogP contribution in [0.1, 0.15) is 22.5 Å². The fourth-order valence-electron chi connectivity index (χ4n) is 2.60. The monoisotopic (exact) mass is 352 g/mol. The van der Waals surface area contributed by atoms with Crippen molar-refractivity contribution in [3.8, 4) is 0 Å². The van der Waals surface area contributed by atoms with Crippen LogP contribution in [0.3, 0.4) is 0 Å². The number of thiophene rings is 2. The molecule has 22 heavy (non-hydrogen) atoms. The van der Waals surface area contributed by atoms with Crippen LogP contribution in [0, 0.1) is 5.92 Å². The first-order chi connectivity index (χ1) is 10.2. The van der Waals surface area contributed by atoms with E-state index in [1.165, 1.54) is 32.3 Å². The molecule has 2 heterocycles. The summed E-state index contributed by atoms with van der Waals surface area (Å²) >= 11 is 3.32. The zero-order valence-corrected chi connectivity index (χ0v) is 14.3. The van der Waals surface area contributed by atoms with Gasteiger partial charge in [0.1, 0.15) is 0 Å². The molecule has 6 heteroatoms. The van der Waals surface area contributed by atoms with Crippen molar-refractivity contribution in [3.05, 3.63) is 35.2 Å². The summed E-state index contributed by atoms with van der Waals surface area (Å²) < 4.78 is 3.69. The van der Waals surface area contributed by atoms with E-state index in [2.05, 4.69) is 23.5 Å². The number of amides is 1. The summed E-state index contributed by atoms with van der Waals surface area (Å²) in [7, 11) is 0. The molecule has 4 rings (SSSR count). The van der Waals surface area contributed by atoms with E-state index in [9.17, 15) is 4.79 Å². The lowest BCUT2D eigenvalue weighted by atomic mass is 10.2. The van der Waals surface area contributed by atoms with E-state index < -0.39 is 0 Å². The molecule has 0 saturated heterocycles. The largest absolute Gasteiger partial charge is 0.350 e. The van der Waals surface area contributed by atoms with E-state index >= 15 is 0 Å². The minimum atomic E-state index is 0. The lowest BCUT2D eigenvalue weighted by molar-refractivity contribution is 0.0954. The van der Waals surface area contributed by atoms with Crippen LogP contribution in [-0.4, -0.2) is 18.5 Å². The lowest BCUT2D eigenvalue weighted by Gasteiger charge is -2.10. The summed E-state index contributed by atoms with van der Waals surface area (Å²) in [5.74, 6) is 0.615. The van der Waals surface area contributed by atoms with Gasteiger partial charge in [0.15, 0.2) is 0 Å². The number of carbonyl (C=O) groups excluding carboxylic acids is 1. The van der Waals surface area contributed by atoms with Crippen molar-refractivity contribution in [2.24, 2.45) is 11.7 Å². The van der Waals surface area contributed by atoms with Gasteiger partial charge in [-0.15, -0.1) is 35.1 Å². The molecule has 1 fully saturated rings. The SMILES string of the molecule is Cl.NC(CNC(=O)c1cc2sc3ccccc3c2s1)C1CC1. The maximum Gasteiger partial charge on any atom is 0.261 e. The first-order valence-electron chi connectivity index (χ1n) is 7.17. The number of fused-ring (bicyclic) bond motifs is 3. The van der Waals surface area contributed by atoms with E-state index in [0.717, 1.165) is 4.88 Å². The van der Waals surface area contributed by atoms with Crippen LogP contribution in [-0.2, 0) is 0 Å². The Labute approximate surface area is 142 Å². The number of nitrogens with one attached hydrogen (secondary N) is 1. The average Bonchev–Trinajstić information content (AvgIpc) is 3.17. The van der Waals surface area contributed by atoms with Crippen molar-refractivity contribution in [1.29, 1.82) is 0 Å². The molecule has 0 aliphatic heterocycles. The molecule has 1 saturated carbocycles. The molecule has 1 unspecified atom stereocenters. The summed E-state index contributed by atoms with van der Waals surface area (Å²) in [5, 5.41) is 4.22. The standard InChI is InChI=1S/C16H16N2OS2.ClH/c17-11(9-5-6-9)8-18-16(19)14-7-13-15(21-14)10-3-1-2-4-12(10)20-13;/h1-4,7,9,11H,5-6,8,17H2,(H,18,19);1H. The normalized spacial score (nSPS) is 15.7. The molecule has 1 aliphatic rings. The third kappa shape index (κ3) is 2.86. The fourth-order valence-corrected chi connectivity index (χ4v) is 5.04. The van der Waals surface area contributed by atoms with Crippen molar-refractivity contribution >= 4 is 60.5 Å². The average molecular weight is 353 g/mol. The molecular weight excluding hydrogens is 336 g/mol. The Kier molecular flexibility index (Phi) is 4.41. The van der Waals surface area contributed by atoms with Gasteiger partial charge in [-0.25, -0.2) is 0 Å². The van der Waals surface area contributed by atoms with E-state index in [1.54, 1.807) is 22.7 Å². The third-order valence-electron chi connectivity index (χ3n) is 4.00. The molecule has 1 aliphatic carbocycles. The maximum absolute atomic E-state index is 12.2. The second kappa shape index (κ2) is 6.16. The van der Waals surface area contributed by atoms with E-state index in [0.29, 0.717) is 12.5 Å². The molecule has 0 radical (unpaired) electrons. The second-order valence-corrected chi connectivity index (χ2v) is 7.75. The number of rotatable bonds is 4. The molecule has 3 aromatic rings. The number of carbonyl (C=O) groups is 1. The zero-order chi connectivity index (χ0) is 14.4. The lowest BCUT2D eigenvalue weighted by Crippen LogP contribution is -2.38. The van der Waals surface area contributed by atoms with Gasteiger partial charge in [0, 0.05) is 27.4 Å². The first kappa shape index (κ1) is 15.7. The predicted molar refractivity (Wildman–Crippen MR) is 97.5 cm³/mol. The highest BCUT2D eigenvalue weighted by Gasteiger charge is 2.28. The first-order valence-corrected chi connectivity index (χ1v) is 8.80. The molecule has 2 aromatic heterocycles. The number of nitrogens with two attached hydrogens (primary N) is 1. The molecule has 0 bridgehead atoms. The summed E-state index contributed by atoms with van der Waals surface area (Å²) in [6.45, 7) is 0.579. The summed E-state index contributed by atoms with van der Waals surface area (Å²) in [6.07, 6.45) is 2.41. The molecule has 0 spiro atoms. The summed E-state index contributed by atoms with van der Waals surface area (Å²) in [5.41, 5.74) is 6.03. The Morgan fingerprint density at radius 1 is 1.27 bits per heavy atom. The molecule has 116 valence electrons. The van der Waals surface area contributed by atoms with Crippen molar-refractivity contribution in [3.63, 3.8) is 0 Å². The molecule has 1 aromatic carbocycles. The van der Waals surface area contributed by atoms with Gasteiger partial charge < -0.3 is 11.1 Å². The summed E-state index contributed by atoms with van der Waals surface area (Å²) in [4.78, 5) is 13.0. The Morgan fingerprint density at radius 3 is 2.82 bits per heavy atom. The van der Waals surface area contributed by atoms with Gasteiger partial charge >= 0.3 is 0 Å². The summed E-state index contributed by atoms with van der Waals surface area (Å²) in [6, 6.07) is 10.5. The van der Waals surface area contributed by atoms with Crippen LogP contribution >= 0.6 is 35.1 Å². The number of halogens is 1. The highest BCUT2D eigenvalue weighted by atomic mass is 35.5. The van der Waals surface area contributed by atoms with Crippen molar-refractivity contribution < 1.29 is 4.79 Å². The topological polar surface area (TPSA) is 55.1 Å². The van der Waals surface area contributed by atoms with Gasteiger partial charge in [-0.2, -0.15) is 0 Å². The van der Waals surface area contributed by atoms with Gasteiger partial charge in [-0.05, 0) is 30.9 Å². The second-order valence-electron chi connectivity index (χ2n) is 5.61. The molecule has 1 atom stereocenters. The van der Waals surface area contributed by atoms with Crippen molar-refractivity contribution in [2.45, 2.75) is 18.9 Å². The highest BCUT2D eigenvalue weighted by molar-refractivity contribution is 7.33. The third-order valence-corrected chi connectivity index (χ3v) is 6.41. The Balaban J connectivity index is 0.00000144. The number of hydrogen-bond donors (Lipinski definition) is 2. The smallest absolute Gasteiger partial charge is 0.261 e. The van der Waals surface area contributed by atoms with Crippen LogP contribution in [0.15, 0.2) is 30.3 Å².